The minimum atomic E-state index is -0.0367. The quantitative estimate of drug-likeness (QED) is 0.435. The molecule has 0 spiro atoms. The molecule has 1 aliphatic rings. The van der Waals surface area contributed by atoms with E-state index in [0.29, 0.717) is 6.61 Å². The third-order valence-electron chi connectivity index (χ3n) is 6.29. The van der Waals surface area contributed by atoms with E-state index in [2.05, 4.69) is 16.9 Å². The monoisotopic (exact) mass is 444 g/mol. The number of fused-ring (bicyclic) bond motifs is 1. The van der Waals surface area contributed by atoms with Gasteiger partial charge in [-0.05, 0) is 37.1 Å². The molecule has 170 valence electrons. The van der Waals surface area contributed by atoms with E-state index in [-0.39, 0.29) is 18.6 Å². The lowest BCUT2D eigenvalue weighted by Gasteiger charge is -2.24. The van der Waals surface area contributed by atoms with Gasteiger partial charge in [0.05, 0.1) is 22.8 Å². The molecule has 0 aliphatic carbocycles. The first-order chi connectivity index (χ1) is 16.2. The third-order valence-corrected chi connectivity index (χ3v) is 6.29. The summed E-state index contributed by atoms with van der Waals surface area (Å²) in [7, 11) is 1.97. The first-order valence-electron chi connectivity index (χ1n) is 11.4. The molecular formula is C25H28N6O2. The fourth-order valence-electron chi connectivity index (χ4n) is 4.57. The number of para-hydroxylation sites is 2. The van der Waals surface area contributed by atoms with Gasteiger partial charge < -0.3 is 14.2 Å². The Bertz CT molecular complexity index is 1280. The zero-order valence-electron chi connectivity index (χ0n) is 19.0. The molecule has 1 saturated heterocycles. The average molecular weight is 445 g/mol. The summed E-state index contributed by atoms with van der Waals surface area (Å²) in [5.41, 5.74) is 2.89. The molecule has 0 radical (unpaired) electrons. The van der Waals surface area contributed by atoms with Gasteiger partial charge in [0.15, 0.2) is 0 Å². The summed E-state index contributed by atoms with van der Waals surface area (Å²) < 4.78 is 9.81. The second kappa shape index (κ2) is 9.15. The third kappa shape index (κ3) is 4.14. The Morgan fingerprint density at radius 3 is 2.85 bits per heavy atom. The molecule has 1 fully saturated rings. The Hall–Kier alpha value is -3.52. The number of hydrogen-bond acceptors (Lipinski definition) is 5. The predicted octanol–water partition coefficient (Wildman–Crippen LogP) is 3.60. The Morgan fingerprint density at radius 1 is 1.12 bits per heavy atom. The topological polar surface area (TPSA) is 78.1 Å². The molecule has 0 bridgehead atoms. The van der Waals surface area contributed by atoms with Gasteiger partial charge in [-0.2, -0.15) is 0 Å². The molecule has 3 aromatic heterocycles. The van der Waals surface area contributed by atoms with Crippen molar-refractivity contribution < 1.29 is 9.53 Å². The number of carbonyl (C=O) groups excluding carboxylic acids is 1. The van der Waals surface area contributed by atoms with E-state index in [0.717, 1.165) is 60.0 Å². The van der Waals surface area contributed by atoms with Crippen molar-refractivity contribution in [3.63, 3.8) is 0 Å². The molecule has 1 amide bonds. The number of rotatable bonds is 7. The number of carbonyl (C=O) groups is 1. The maximum Gasteiger partial charge on any atom is 0.249 e. The highest BCUT2D eigenvalue weighted by Gasteiger charge is 2.31. The molecular weight excluding hydrogens is 416 g/mol. The number of aryl methyl sites for hydroxylation is 2. The first-order valence-corrected chi connectivity index (χ1v) is 11.4. The van der Waals surface area contributed by atoms with Crippen molar-refractivity contribution in [2.45, 2.75) is 38.8 Å². The SMILES string of the molecule is CCc1nccn1-c1cccc([C@H]2CCCN2C(=O)COCc2nc3ccccc3n2C)n1. The highest BCUT2D eigenvalue weighted by atomic mass is 16.5. The number of pyridine rings is 1. The maximum atomic E-state index is 13.0. The van der Waals surface area contributed by atoms with E-state index in [1.165, 1.54) is 0 Å². The molecule has 4 heterocycles. The van der Waals surface area contributed by atoms with Crippen molar-refractivity contribution in [3.8, 4) is 5.82 Å². The molecule has 1 aliphatic heterocycles. The van der Waals surface area contributed by atoms with E-state index < -0.39 is 0 Å². The van der Waals surface area contributed by atoms with Crippen LogP contribution in [0.15, 0.2) is 54.9 Å². The molecule has 8 nitrogen and oxygen atoms in total. The van der Waals surface area contributed by atoms with E-state index in [4.69, 9.17) is 9.72 Å². The van der Waals surface area contributed by atoms with Crippen LogP contribution < -0.4 is 0 Å². The lowest BCUT2D eigenvalue weighted by molar-refractivity contribution is -0.137. The number of amides is 1. The number of imidazole rings is 2. The van der Waals surface area contributed by atoms with E-state index >= 15 is 0 Å². The Balaban J connectivity index is 1.26. The van der Waals surface area contributed by atoms with Crippen molar-refractivity contribution >= 4 is 16.9 Å². The highest BCUT2D eigenvalue weighted by Crippen LogP contribution is 2.31. The van der Waals surface area contributed by atoms with Crippen LogP contribution >= 0.6 is 0 Å². The van der Waals surface area contributed by atoms with Gasteiger partial charge in [-0.3, -0.25) is 9.36 Å². The summed E-state index contributed by atoms with van der Waals surface area (Å²) in [6, 6.07) is 13.9. The van der Waals surface area contributed by atoms with Crippen molar-refractivity contribution in [1.82, 2.24) is 29.0 Å². The molecule has 0 saturated carbocycles. The van der Waals surface area contributed by atoms with Crippen molar-refractivity contribution in [2.24, 2.45) is 7.05 Å². The molecule has 1 atom stereocenters. The average Bonchev–Trinajstić information content (AvgIpc) is 3.58. The minimum Gasteiger partial charge on any atom is -0.364 e. The number of hydrogen-bond donors (Lipinski definition) is 0. The standard InChI is InChI=1S/C25H28N6O2/c1-3-22-26-13-15-31(22)23-12-6-9-19(27-23)21-11-7-14-30(21)25(32)17-33-16-24-28-18-8-4-5-10-20(18)29(24)2/h4-6,8-10,12-13,15,21H,3,7,11,14,16-17H2,1-2H3/t21-/m1/s1. The summed E-state index contributed by atoms with van der Waals surface area (Å²) in [6.07, 6.45) is 6.41. The highest BCUT2D eigenvalue weighted by molar-refractivity contribution is 5.78. The molecule has 4 aromatic rings. The zero-order valence-corrected chi connectivity index (χ0v) is 19.0. The van der Waals surface area contributed by atoms with Crippen LogP contribution in [0.3, 0.4) is 0 Å². The lowest BCUT2D eigenvalue weighted by Crippen LogP contribution is -2.34. The normalized spacial score (nSPS) is 16.1. The van der Waals surface area contributed by atoms with Crippen LogP contribution in [-0.2, 0) is 29.6 Å². The van der Waals surface area contributed by atoms with Crippen LogP contribution in [0.25, 0.3) is 16.9 Å². The van der Waals surface area contributed by atoms with E-state index in [9.17, 15) is 4.79 Å². The van der Waals surface area contributed by atoms with Crippen molar-refractivity contribution in [1.29, 1.82) is 0 Å². The molecule has 33 heavy (non-hydrogen) atoms. The van der Waals surface area contributed by atoms with Crippen molar-refractivity contribution in [3.05, 3.63) is 72.2 Å². The second-order valence-corrected chi connectivity index (χ2v) is 8.30. The molecule has 5 rings (SSSR count). The zero-order chi connectivity index (χ0) is 22.8. The smallest absolute Gasteiger partial charge is 0.249 e. The second-order valence-electron chi connectivity index (χ2n) is 8.30. The molecule has 1 aromatic carbocycles. The predicted molar refractivity (Wildman–Crippen MR) is 125 cm³/mol. The summed E-state index contributed by atoms with van der Waals surface area (Å²) in [4.78, 5) is 28.8. The van der Waals surface area contributed by atoms with Crippen LogP contribution in [-0.4, -0.2) is 48.0 Å². The van der Waals surface area contributed by atoms with Gasteiger partial charge in [0.1, 0.15) is 30.7 Å². The van der Waals surface area contributed by atoms with Crippen LogP contribution in [0.1, 0.15) is 43.1 Å². The summed E-state index contributed by atoms with van der Waals surface area (Å²) in [6.45, 7) is 3.12. The van der Waals surface area contributed by atoms with Gasteiger partial charge >= 0.3 is 0 Å². The summed E-state index contributed by atoms with van der Waals surface area (Å²) in [5.74, 6) is 2.59. The largest absolute Gasteiger partial charge is 0.364 e. The molecule has 8 heteroatoms. The van der Waals surface area contributed by atoms with Gasteiger partial charge in [0, 0.05) is 32.4 Å². The van der Waals surface area contributed by atoms with Crippen LogP contribution in [0.2, 0.25) is 0 Å². The lowest BCUT2D eigenvalue weighted by atomic mass is 10.1. The van der Waals surface area contributed by atoms with E-state index in [1.807, 2.05) is 69.7 Å². The maximum absolute atomic E-state index is 13.0. The van der Waals surface area contributed by atoms with Crippen LogP contribution in [0.5, 0.6) is 0 Å². The summed E-state index contributed by atoms with van der Waals surface area (Å²) >= 11 is 0. The Morgan fingerprint density at radius 2 is 2.00 bits per heavy atom. The number of benzene rings is 1. The number of aromatic nitrogens is 5. The van der Waals surface area contributed by atoms with Crippen molar-refractivity contribution in [2.75, 3.05) is 13.2 Å². The molecule has 0 unspecified atom stereocenters. The van der Waals surface area contributed by atoms with Gasteiger partial charge in [0.2, 0.25) is 5.91 Å². The Kier molecular flexibility index (Phi) is 5.92. The van der Waals surface area contributed by atoms with Gasteiger partial charge in [0.25, 0.3) is 0 Å². The first kappa shape index (κ1) is 21.3. The summed E-state index contributed by atoms with van der Waals surface area (Å²) in [5, 5.41) is 0. The number of ether oxygens (including phenoxy) is 1. The minimum absolute atomic E-state index is 0.0136. The van der Waals surface area contributed by atoms with Crippen LogP contribution in [0, 0.1) is 0 Å². The van der Waals surface area contributed by atoms with E-state index in [1.54, 1.807) is 6.20 Å². The van der Waals surface area contributed by atoms with Gasteiger partial charge in [-0.25, -0.2) is 15.0 Å². The number of nitrogens with zero attached hydrogens (tertiary/aromatic N) is 6. The van der Waals surface area contributed by atoms with Gasteiger partial charge in [-0.1, -0.05) is 25.1 Å². The fourth-order valence-corrected chi connectivity index (χ4v) is 4.57. The van der Waals surface area contributed by atoms with Gasteiger partial charge in [-0.15, -0.1) is 0 Å². The fraction of sp³-hybridized carbons (Fsp3) is 0.360. The number of likely N-dealkylation sites (tertiary alicyclic amines) is 1. The van der Waals surface area contributed by atoms with Crippen LogP contribution in [0.4, 0.5) is 0 Å². The molecule has 0 N–H and O–H groups in total. The Labute approximate surface area is 192 Å².